The number of fused-ring (bicyclic) bond motifs is 1. The van der Waals surface area contributed by atoms with Crippen molar-refractivity contribution >= 4 is 27.0 Å². The van der Waals surface area contributed by atoms with E-state index in [0.29, 0.717) is 18.0 Å². The summed E-state index contributed by atoms with van der Waals surface area (Å²) in [6.07, 6.45) is 2.27. The zero-order valence-electron chi connectivity index (χ0n) is 11.5. The number of aromatic nitrogens is 1. The van der Waals surface area contributed by atoms with Gasteiger partial charge >= 0.3 is 5.76 Å². The van der Waals surface area contributed by atoms with Crippen molar-refractivity contribution in [2.24, 2.45) is 5.92 Å². The van der Waals surface area contributed by atoms with E-state index in [1.807, 2.05) is 19.1 Å². The number of benzene rings is 1. The molecule has 20 heavy (non-hydrogen) atoms. The van der Waals surface area contributed by atoms with Crippen LogP contribution < -0.4 is 5.76 Å². The number of oxazole rings is 1. The van der Waals surface area contributed by atoms with Gasteiger partial charge in [0.2, 0.25) is 0 Å². The highest BCUT2D eigenvalue weighted by Crippen LogP contribution is 2.36. The molecule has 0 saturated carbocycles. The van der Waals surface area contributed by atoms with Crippen molar-refractivity contribution in [2.75, 3.05) is 13.2 Å². The van der Waals surface area contributed by atoms with Crippen molar-refractivity contribution in [1.82, 2.24) is 4.57 Å². The summed E-state index contributed by atoms with van der Waals surface area (Å²) in [4.78, 5) is 12.0. The van der Waals surface area contributed by atoms with Crippen molar-refractivity contribution in [2.45, 2.75) is 31.1 Å². The summed E-state index contributed by atoms with van der Waals surface area (Å²) in [6, 6.07) is 6.01. The average Bonchev–Trinajstić information content (AvgIpc) is 2.81. The highest BCUT2D eigenvalue weighted by atomic mass is 79.9. The molecule has 0 radical (unpaired) electrons. The van der Waals surface area contributed by atoms with Gasteiger partial charge in [-0.25, -0.2) is 4.79 Å². The Morgan fingerprint density at radius 1 is 1.50 bits per heavy atom. The normalized spacial score (nSPS) is 21.2. The topological polar surface area (TPSA) is 44.4 Å². The molecule has 0 N–H and O–H groups in total. The zero-order valence-corrected chi connectivity index (χ0v) is 13.1. The summed E-state index contributed by atoms with van der Waals surface area (Å²) < 4.78 is 12.5. The molecule has 1 fully saturated rings. The van der Waals surface area contributed by atoms with E-state index in [4.69, 9.17) is 9.15 Å². The number of halogens is 1. The van der Waals surface area contributed by atoms with E-state index < -0.39 is 0 Å². The zero-order chi connectivity index (χ0) is 14.1. The first kappa shape index (κ1) is 13.9. The van der Waals surface area contributed by atoms with Crippen LogP contribution in [0.1, 0.15) is 30.2 Å². The minimum atomic E-state index is -0.285. The van der Waals surface area contributed by atoms with E-state index in [-0.39, 0.29) is 10.6 Å². The molecule has 3 rings (SSSR count). The molecule has 1 aliphatic heterocycles. The second-order valence-corrected chi connectivity index (χ2v) is 6.20. The summed E-state index contributed by atoms with van der Waals surface area (Å²) in [6.45, 7) is 4.22. The second-order valence-electron chi connectivity index (χ2n) is 5.22. The predicted octanol–water partition coefficient (Wildman–Crippen LogP) is 3.48. The predicted molar refractivity (Wildman–Crippen MR) is 81.4 cm³/mol. The Morgan fingerprint density at radius 2 is 2.35 bits per heavy atom. The van der Waals surface area contributed by atoms with Gasteiger partial charge < -0.3 is 9.15 Å². The number of nitrogens with zero attached hydrogens (tertiary/aromatic N) is 1. The van der Waals surface area contributed by atoms with Gasteiger partial charge in [-0.2, -0.15) is 0 Å². The maximum atomic E-state index is 11.7. The maximum Gasteiger partial charge on any atom is 0.419 e. The molecule has 5 heteroatoms. The number of hydrogen-bond acceptors (Lipinski definition) is 3. The molecule has 0 amide bonds. The van der Waals surface area contributed by atoms with Crippen LogP contribution in [0.2, 0.25) is 0 Å². The standard InChI is InChI=1S/C15H18BrNO3/c1-2-17-12-6-5-10(8-13(12)20-15(17)18)14(16)11-4-3-7-19-9-11/h5-6,8,11,14H,2-4,7,9H2,1H3. The highest BCUT2D eigenvalue weighted by molar-refractivity contribution is 9.09. The van der Waals surface area contributed by atoms with E-state index in [9.17, 15) is 4.79 Å². The summed E-state index contributed by atoms with van der Waals surface area (Å²) in [7, 11) is 0. The third kappa shape index (κ3) is 2.44. The van der Waals surface area contributed by atoms with Gasteiger partial charge in [-0.15, -0.1) is 0 Å². The lowest BCUT2D eigenvalue weighted by molar-refractivity contribution is 0.0546. The van der Waals surface area contributed by atoms with E-state index in [1.165, 1.54) is 0 Å². The molecule has 0 bridgehead atoms. The molecule has 108 valence electrons. The van der Waals surface area contributed by atoms with Gasteiger partial charge in [0.1, 0.15) is 0 Å². The molecule has 2 unspecified atom stereocenters. The fourth-order valence-corrected chi connectivity index (χ4v) is 3.52. The van der Waals surface area contributed by atoms with Crippen LogP contribution in [0.5, 0.6) is 0 Å². The monoisotopic (exact) mass is 339 g/mol. The van der Waals surface area contributed by atoms with E-state index in [1.54, 1.807) is 4.57 Å². The lowest BCUT2D eigenvalue weighted by Gasteiger charge is -2.26. The van der Waals surface area contributed by atoms with Gasteiger partial charge in [-0.05, 0) is 43.4 Å². The molecular formula is C15H18BrNO3. The van der Waals surface area contributed by atoms with Crippen molar-refractivity contribution in [3.63, 3.8) is 0 Å². The van der Waals surface area contributed by atoms with Crippen LogP contribution in [0.25, 0.3) is 11.1 Å². The fraction of sp³-hybridized carbons (Fsp3) is 0.533. The SMILES string of the molecule is CCn1c(=O)oc2cc(C(Br)C3CCCOC3)ccc21. The molecule has 1 aromatic carbocycles. The van der Waals surface area contributed by atoms with Gasteiger partial charge in [0, 0.05) is 18.0 Å². The van der Waals surface area contributed by atoms with Gasteiger partial charge in [0.25, 0.3) is 0 Å². The Balaban J connectivity index is 1.94. The lowest BCUT2D eigenvalue weighted by Crippen LogP contribution is -2.20. The van der Waals surface area contributed by atoms with Crippen molar-refractivity contribution in [3.05, 3.63) is 34.3 Å². The quantitative estimate of drug-likeness (QED) is 0.804. The first-order valence-corrected chi connectivity index (χ1v) is 7.97. The molecule has 1 aliphatic rings. The van der Waals surface area contributed by atoms with Crippen molar-refractivity contribution in [3.8, 4) is 0 Å². The molecule has 2 heterocycles. The third-order valence-corrected chi connectivity index (χ3v) is 5.21. The van der Waals surface area contributed by atoms with Crippen molar-refractivity contribution < 1.29 is 9.15 Å². The Morgan fingerprint density at radius 3 is 3.05 bits per heavy atom. The van der Waals surface area contributed by atoms with Crippen LogP contribution in [0.4, 0.5) is 0 Å². The van der Waals surface area contributed by atoms with Crippen LogP contribution in [0, 0.1) is 5.92 Å². The van der Waals surface area contributed by atoms with Crippen LogP contribution in [0.3, 0.4) is 0 Å². The van der Waals surface area contributed by atoms with Crippen LogP contribution >= 0.6 is 15.9 Å². The smallest absolute Gasteiger partial charge is 0.408 e. The van der Waals surface area contributed by atoms with Gasteiger partial charge in [-0.3, -0.25) is 4.57 Å². The van der Waals surface area contributed by atoms with Crippen LogP contribution in [-0.4, -0.2) is 17.8 Å². The molecule has 0 aliphatic carbocycles. The molecule has 2 aromatic rings. The fourth-order valence-electron chi connectivity index (χ4n) is 2.82. The van der Waals surface area contributed by atoms with Gasteiger partial charge in [0.15, 0.2) is 5.58 Å². The first-order chi connectivity index (χ1) is 9.70. The summed E-state index contributed by atoms with van der Waals surface area (Å²) in [5.74, 6) is 0.188. The number of ether oxygens (including phenoxy) is 1. The Bertz CT molecular complexity index is 655. The minimum absolute atomic E-state index is 0.238. The van der Waals surface area contributed by atoms with Gasteiger partial charge in [-0.1, -0.05) is 22.0 Å². The van der Waals surface area contributed by atoms with Crippen LogP contribution in [-0.2, 0) is 11.3 Å². The molecule has 0 spiro atoms. The van der Waals surface area contributed by atoms with E-state index >= 15 is 0 Å². The third-order valence-electron chi connectivity index (χ3n) is 3.94. The number of rotatable bonds is 3. The number of alkyl halides is 1. The largest absolute Gasteiger partial charge is 0.419 e. The molecule has 1 aromatic heterocycles. The van der Waals surface area contributed by atoms with Crippen LogP contribution in [0.15, 0.2) is 27.4 Å². The summed E-state index contributed by atoms with van der Waals surface area (Å²) in [5.41, 5.74) is 2.67. The minimum Gasteiger partial charge on any atom is -0.408 e. The van der Waals surface area contributed by atoms with Crippen molar-refractivity contribution in [1.29, 1.82) is 0 Å². The second kappa shape index (κ2) is 5.74. The Hall–Kier alpha value is -1.07. The average molecular weight is 340 g/mol. The number of aryl methyl sites for hydroxylation is 1. The van der Waals surface area contributed by atoms with E-state index in [0.717, 1.165) is 37.1 Å². The Kier molecular flexibility index (Phi) is 3.98. The Labute approximate surface area is 125 Å². The first-order valence-electron chi connectivity index (χ1n) is 7.06. The molecule has 4 nitrogen and oxygen atoms in total. The summed E-state index contributed by atoms with van der Waals surface area (Å²) in [5, 5.41) is 0. The molecule has 2 atom stereocenters. The van der Waals surface area contributed by atoms with Gasteiger partial charge in [0.05, 0.1) is 12.1 Å². The summed E-state index contributed by atoms with van der Waals surface area (Å²) >= 11 is 3.77. The highest BCUT2D eigenvalue weighted by Gasteiger charge is 2.24. The number of hydrogen-bond donors (Lipinski definition) is 0. The molecular weight excluding hydrogens is 322 g/mol. The van der Waals surface area contributed by atoms with E-state index in [2.05, 4.69) is 22.0 Å². The molecule has 1 saturated heterocycles. The maximum absolute atomic E-state index is 11.7. The lowest BCUT2D eigenvalue weighted by atomic mass is 9.94.